The topological polar surface area (TPSA) is 59.9 Å². The quantitative estimate of drug-likeness (QED) is 0.444. The number of amides is 1. The van der Waals surface area contributed by atoms with Crippen molar-refractivity contribution in [3.05, 3.63) is 77.4 Å². The molecule has 6 heteroatoms. The molecule has 0 unspecified atom stereocenters. The molecule has 0 aliphatic carbocycles. The lowest BCUT2D eigenvalue weighted by atomic mass is 10.1. The summed E-state index contributed by atoms with van der Waals surface area (Å²) in [6.07, 6.45) is 2.58. The van der Waals surface area contributed by atoms with Crippen LogP contribution in [0.2, 0.25) is 0 Å². The number of carbonyl (C=O) groups excluding carboxylic acids is 1. The van der Waals surface area contributed by atoms with Gasteiger partial charge < -0.3 is 14.8 Å². The van der Waals surface area contributed by atoms with Gasteiger partial charge in [0.15, 0.2) is 0 Å². The first kappa shape index (κ1) is 22.9. The van der Waals surface area contributed by atoms with Gasteiger partial charge in [0.25, 0.3) is 5.91 Å². The molecule has 0 fully saturated rings. The first-order valence-electron chi connectivity index (χ1n) is 11.1. The number of carbonyl (C=O) groups is 1. The summed E-state index contributed by atoms with van der Waals surface area (Å²) in [5, 5.41) is 3.02. The molecule has 4 rings (SSSR count). The largest absolute Gasteiger partial charge is 0.497 e. The predicted octanol–water partition coefficient (Wildman–Crippen LogP) is 6.06. The van der Waals surface area contributed by atoms with Crippen LogP contribution in [0.25, 0.3) is 0 Å². The van der Waals surface area contributed by atoms with Crippen LogP contribution >= 0.6 is 11.8 Å². The molecule has 1 N–H and O–H groups in total. The van der Waals surface area contributed by atoms with Gasteiger partial charge in [0.05, 0.1) is 19.9 Å². The van der Waals surface area contributed by atoms with Crippen LogP contribution in [0.5, 0.6) is 11.5 Å². The first-order chi connectivity index (χ1) is 16.1. The third-order valence-corrected chi connectivity index (χ3v) is 6.70. The SMILES string of the molecule is CCCC1=Nc2cc(C(=O)NCCc3ccc(OC)cc3OC)ccc2Sc2ccccc21. The minimum atomic E-state index is -0.107. The number of ether oxygens (including phenoxy) is 2. The third-order valence-electron chi connectivity index (χ3n) is 5.56. The summed E-state index contributed by atoms with van der Waals surface area (Å²) in [6, 6.07) is 19.8. The molecular formula is C27H28N2O3S. The van der Waals surface area contributed by atoms with Gasteiger partial charge in [-0.05, 0) is 48.7 Å². The van der Waals surface area contributed by atoms with Crippen molar-refractivity contribution in [3.63, 3.8) is 0 Å². The number of methoxy groups -OCH3 is 2. The lowest BCUT2D eigenvalue weighted by Crippen LogP contribution is -2.25. The molecule has 0 spiro atoms. The molecule has 1 heterocycles. The number of nitrogens with zero attached hydrogens (tertiary/aromatic N) is 1. The zero-order valence-corrected chi connectivity index (χ0v) is 20.0. The molecule has 1 amide bonds. The standard InChI is InChI=1S/C27H28N2O3S/c1-4-7-22-21-8-5-6-9-25(21)33-26-13-11-19(16-23(26)29-22)27(30)28-15-14-18-10-12-20(31-2)17-24(18)32-3/h5-6,8-13,16-17H,4,7,14-15H2,1-3H3,(H,28,30). The summed E-state index contributed by atoms with van der Waals surface area (Å²) in [5.41, 5.74) is 4.73. The smallest absolute Gasteiger partial charge is 0.251 e. The van der Waals surface area contributed by atoms with Crippen molar-refractivity contribution in [1.29, 1.82) is 0 Å². The van der Waals surface area contributed by atoms with Gasteiger partial charge in [-0.1, -0.05) is 49.4 Å². The Bertz CT molecular complexity index is 1190. The maximum Gasteiger partial charge on any atom is 0.251 e. The molecule has 0 atom stereocenters. The molecule has 170 valence electrons. The lowest BCUT2D eigenvalue weighted by Gasteiger charge is -2.11. The fourth-order valence-electron chi connectivity index (χ4n) is 3.85. The summed E-state index contributed by atoms with van der Waals surface area (Å²) >= 11 is 1.71. The molecule has 3 aromatic carbocycles. The van der Waals surface area contributed by atoms with Crippen LogP contribution in [0.15, 0.2) is 75.4 Å². The van der Waals surface area contributed by atoms with Gasteiger partial charge >= 0.3 is 0 Å². The maximum atomic E-state index is 12.9. The molecule has 0 saturated carbocycles. The Morgan fingerprint density at radius 1 is 0.970 bits per heavy atom. The van der Waals surface area contributed by atoms with E-state index in [2.05, 4.69) is 36.5 Å². The van der Waals surface area contributed by atoms with Crippen molar-refractivity contribution in [2.24, 2.45) is 4.99 Å². The molecule has 1 aliphatic rings. The van der Waals surface area contributed by atoms with Crippen LogP contribution in [0.4, 0.5) is 5.69 Å². The van der Waals surface area contributed by atoms with E-state index in [9.17, 15) is 4.79 Å². The Balaban J connectivity index is 1.49. The van der Waals surface area contributed by atoms with E-state index in [-0.39, 0.29) is 5.91 Å². The van der Waals surface area contributed by atoms with E-state index in [0.717, 1.165) is 46.2 Å². The number of aliphatic imine (C=N–C) groups is 1. The Kier molecular flexibility index (Phi) is 7.35. The second-order valence-electron chi connectivity index (χ2n) is 7.77. The zero-order valence-electron chi connectivity index (χ0n) is 19.2. The highest BCUT2D eigenvalue weighted by Crippen LogP contribution is 2.41. The molecule has 5 nitrogen and oxygen atoms in total. The highest BCUT2D eigenvalue weighted by atomic mass is 32.2. The van der Waals surface area contributed by atoms with Gasteiger partial charge in [-0.15, -0.1) is 0 Å². The van der Waals surface area contributed by atoms with E-state index < -0.39 is 0 Å². The summed E-state index contributed by atoms with van der Waals surface area (Å²) in [4.78, 5) is 20.1. The molecule has 3 aromatic rings. The van der Waals surface area contributed by atoms with Crippen LogP contribution in [0.1, 0.15) is 41.3 Å². The molecule has 0 aromatic heterocycles. The summed E-state index contributed by atoms with van der Waals surface area (Å²) in [7, 11) is 3.26. The molecule has 0 bridgehead atoms. The Labute approximate surface area is 199 Å². The van der Waals surface area contributed by atoms with Crippen molar-refractivity contribution < 1.29 is 14.3 Å². The number of fused-ring (bicyclic) bond motifs is 2. The van der Waals surface area contributed by atoms with Crippen LogP contribution < -0.4 is 14.8 Å². The Hall–Kier alpha value is -3.25. The summed E-state index contributed by atoms with van der Waals surface area (Å²) in [6.45, 7) is 2.66. The van der Waals surface area contributed by atoms with Gasteiger partial charge in [-0.25, -0.2) is 0 Å². The number of rotatable bonds is 8. The van der Waals surface area contributed by atoms with Gasteiger partial charge in [0.1, 0.15) is 11.5 Å². The molecule has 33 heavy (non-hydrogen) atoms. The van der Waals surface area contributed by atoms with Crippen molar-refractivity contribution >= 4 is 29.1 Å². The minimum absolute atomic E-state index is 0.107. The predicted molar refractivity (Wildman–Crippen MR) is 134 cm³/mol. The van der Waals surface area contributed by atoms with E-state index in [4.69, 9.17) is 14.5 Å². The monoisotopic (exact) mass is 460 g/mol. The number of hydrogen-bond donors (Lipinski definition) is 1. The second-order valence-corrected chi connectivity index (χ2v) is 8.86. The van der Waals surface area contributed by atoms with E-state index in [1.54, 1.807) is 26.0 Å². The number of hydrogen-bond acceptors (Lipinski definition) is 5. The number of benzene rings is 3. The van der Waals surface area contributed by atoms with Crippen molar-refractivity contribution in [2.45, 2.75) is 36.0 Å². The average molecular weight is 461 g/mol. The highest BCUT2D eigenvalue weighted by Gasteiger charge is 2.18. The van der Waals surface area contributed by atoms with Crippen LogP contribution in [0, 0.1) is 0 Å². The van der Waals surface area contributed by atoms with Crippen molar-refractivity contribution in [3.8, 4) is 11.5 Å². The number of nitrogens with one attached hydrogen (secondary N) is 1. The Morgan fingerprint density at radius 2 is 1.82 bits per heavy atom. The molecular weight excluding hydrogens is 432 g/mol. The van der Waals surface area contributed by atoms with E-state index in [1.165, 1.54) is 10.5 Å². The third kappa shape index (κ3) is 5.22. The first-order valence-corrected chi connectivity index (χ1v) is 11.9. The fourth-order valence-corrected chi connectivity index (χ4v) is 4.87. The van der Waals surface area contributed by atoms with Gasteiger partial charge in [0, 0.05) is 39.2 Å². The Morgan fingerprint density at radius 3 is 2.61 bits per heavy atom. The van der Waals surface area contributed by atoms with Crippen molar-refractivity contribution in [1.82, 2.24) is 5.32 Å². The molecule has 1 aliphatic heterocycles. The van der Waals surface area contributed by atoms with Crippen LogP contribution in [-0.4, -0.2) is 32.4 Å². The van der Waals surface area contributed by atoms with Crippen LogP contribution in [-0.2, 0) is 6.42 Å². The minimum Gasteiger partial charge on any atom is -0.497 e. The van der Waals surface area contributed by atoms with Gasteiger partial charge in [0.2, 0.25) is 0 Å². The van der Waals surface area contributed by atoms with Gasteiger partial charge in [-0.3, -0.25) is 9.79 Å². The van der Waals surface area contributed by atoms with E-state index in [1.807, 2.05) is 36.4 Å². The van der Waals surface area contributed by atoms with Crippen LogP contribution in [0.3, 0.4) is 0 Å². The average Bonchev–Trinajstić information content (AvgIpc) is 3.00. The van der Waals surface area contributed by atoms with E-state index >= 15 is 0 Å². The fraction of sp³-hybridized carbons (Fsp3) is 0.259. The maximum absolute atomic E-state index is 12.9. The second kappa shape index (κ2) is 10.6. The van der Waals surface area contributed by atoms with E-state index in [0.29, 0.717) is 18.5 Å². The molecule has 0 saturated heterocycles. The summed E-state index contributed by atoms with van der Waals surface area (Å²) < 4.78 is 10.7. The van der Waals surface area contributed by atoms with Gasteiger partial charge in [-0.2, -0.15) is 0 Å². The molecule has 0 radical (unpaired) electrons. The van der Waals surface area contributed by atoms with Crippen molar-refractivity contribution in [2.75, 3.05) is 20.8 Å². The normalized spacial score (nSPS) is 12.2. The highest BCUT2D eigenvalue weighted by molar-refractivity contribution is 7.99. The zero-order chi connectivity index (χ0) is 23.2. The lowest BCUT2D eigenvalue weighted by molar-refractivity contribution is 0.0954. The summed E-state index contributed by atoms with van der Waals surface area (Å²) in [5.74, 6) is 1.39.